The van der Waals surface area contributed by atoms with Crippen molar-refractivity contribution < 1.29 is 22.4 Å². The van der Waals surface area contributed by atoms with Crippen LogP contribution in [0.4, 0.5) is 13.2 Å². The van der Waals surface area contributed by atoms with Gasteiger partial charge in [-0.3, -0.25) is 4.79 Å². The Kier molecular flexibility index (Phi) is 12.4. The monoisotopic (exact) mass is 513 g/mol. The average Bonchev–Trinajstić information content (AvgIpc) is 3.17. The number of nitrogens with one attached hydrogen (secondary N) is 2. The van der Waals surface area contributed by atoms with Gasteiger partial charge in [0, 0.05) is 24.5 Å². The highest BCUT2D eigenvalue weighted by molar-refractivity contribution is 5.86. The SMILES string of the molecule is C=C(/C=C(\C)NC(=O)C(C)(C)NCCCC(F)(F)F)C(C)(C)c1cnc(C)o1.CCCCC1CCC1. The maximum atomic E-state index is 12.5. The Morgan fingerprint density at radius 2 is 1.86 bits per heavy atom. The van der Waals surface area contributed by atoms with E-state index in [-0.39, 0.29) is 18.9 Å². The maximum Gasteiger partial charge on any atom is 0.389 e. The summed E-state index contributed by atoms with van der Waals surface area (Å²) in [6, 6.07) is 0. The fourth-order valence-electron chi connectivity index (χ4n) is 3.67. The lowest BCUT2D eigenvalue weighted by Gasteiger charge is -2.26. The number of allylic oxidation sites excluding steroid dienone is 3. The van der Waals surface area contributed by atoms with E-state index in [0.29, 0.717) is 17.3 Å². The smallest absolute Gasteiger partial charge is 0.389 e. The predicted molar refractivity (Wildman–Crippen MR) is 140 cm³/mol. The van der Waals surface area contributed by atoms with Gasteiger partial charge in [-0.05, 0) is 65.2 Å². The third-order valence-electron chi connectivity index (χ3n) is 6.70. The normalized spacial score (nSPS) is 15.1. The summed E-state index contributed by atoms with van der Waals surface area (Å²) in [5, 5.41) is 5.63. The molecule has 1 saturated carbocycles. The first kappa shape index (κ1) is 31.9. The van der Waals surface area contributed by atoms with Gasteiger partial charge in [-0.2, -0.15) is 13.2 Å². The quantitative estimate of drug-likeness (QED) is 0.224. The summed E-state index contributed by atoms with van der Waals surface area (Å²) < 4.78 is 42.2. The van der Waals surface area contributed by atoms with Crippen molar-refractivity contribution in [2.75, 3.05) is 6.54 Å². The first-order chi connectivity index (χ1) is 16.6. The highest BCUT2D eigenvalue weighted by Gasteiger charge is 2.30. The molecule has 5 nitrogen and oxygen atoms in total. The van der Waals surface area contributed by atoms with E-state index in [2.05, 4.69) is 29.1 Å². The van der Waals surface area contributed by atoms with Crippen molar-refractivity contribution in [2.24, 2.45) is 5.92 Å². The number of carbonyl (C=O) groups excluding carboxylic acids is 1. The topological polar surface area (TPSA) is 67.2 Å². The standard InChI is InChI=1S/C20H30F3N3O2.C8H16/c1-13(18(4,5)16-12-24-15(3)28-16)11-14(2)26-17(27)19(6,7)25-10-8-9-20(21,22)23;1-2-3-5-8-6-4-7-8/h11-12,25H,1,8-10H2,2-7H3,(H,26,27);8H,2-7H2,1H3/b14-11+;. The molecule has 0 aliphatic heterocycles. The number of oxazole rings is 1. The van der Waals surface area contributed by atoms with Crippen molar-refractivity contribution in [1.29, 1.82) is 0 Å². The van der Waals surface area contributed by atoms with Crippen LogP contribution in [-0.2, 0) is 10.2 Å². The van der Waals surface area contributed by atoms with E-state index in [4.69, 9.17) is 4.42 Å². The van der Waals surface area contributed by atoms with Crippen LogP contribution >= 0.6 is 0 Å². The van der Waals surface area contributed by atoms with Crippen molar-refractivity contribution in [3.63, 3.8) is 0 Å². The summed E-state index contributed by atoms with van der Waals surface area (Å²) in [6.07, 6.45) is 7.16. The van der Waals surface area contributed by atoms with E-state index in [1.165, 1.54) is 38.5 Å². The summed E-state index contributed by atoms with van der Waals surface area (Å²) in [4.78, 5) is 16.6. The number of rotatable bonds is 12. The van der Waals surface area contributed by atoms with Gasteiger partial charge in [-0.25, -0.2) is 4.98 Å². The highest BCUT2D eigenvalue weighted by atomic mass is 19.4. The van der Waals surface area contributed by atoms with E-state index in [0.717, 1.165) is 11.5 Å². The van der Waals surface area contributed by atoms with E-state index < -0.39 is 23.6 Å². The highest BCUT2D eigenvalue weighted by Crippen LogP contribution is 2.32. The van der Waals surface area contributed by atoms with E-state index in [1.54, 1.807) is 40.0 Å². The molecule has 0 saturated heterocycles. The minimum absolute atomic E-state index is 0.0867. The second-order valence-electron chi connectivity index (χ2n) is 10.9. The van der Waals surface area contributed by atoms with E-state index in [9.17, 15) is 18.0 Å². The molecule has 1 aliphatic carbocycles. The molecule has 1 heterocycles. The molecule has 1 aliphatic rings. The number of aryl methyl sites for hydroxylation is 1. The van der Waals surface area contributed by atoms with Crippen LogP contribution in [-0.4, -0.2) is 29.2 Å². The van der Waals surface area contributed by atoms with E-state index in [1.807, 2.05) is 13.8 Å². The summed E-state index contributed by atoms with van der Waals surface area (Å²) in [5.41, 5.74) is -0.236. The molecule has 0 unspecified atom stereocenters. The molecule has 36 heavy (non-hydrogen) atoms. The molecule has 2 N–H and O–H groups in total. The number of aromatic nitrogens is 1. The van der Waals surface area contributed by atoms with Gasteiger partial charge < -0.3 is 15.1 Å². The van der Waals surface area contributed by atoms with Crippen molar-refractivity contribution in [3.8, 4) is 0 Å². The third-order valence-corrected chi connectivity index (χ3v) is 6.70. The summed E-state index contributed by atoms with van der Waals surface area (Å²) >= 11 is 0. The second-order valence-corrected chi connectivity index (χ2v) is 10.9. The lowest BCUT2D eigenvalue weighted by Crippen LogP contribution is -2.52. The fourth-order valence-corrected chi connectivity index (χ4v) is 3.67. The number of carbonyl (C=O) groups is 1. The molecule has 1 aromatic heterocycles. The second kappa shape index (κ2) is 14.0. The number of amides is 1. The minimum Gasteiger partial charge on any atom is -0.445 e. The minimum atomic E-state index is -4.19. The van der Waals surface area contributed by atoms with Gasteiger partial charge >= 0.3 is 6.18 Å². The number of nitrogens with zero attached hydrogens (tertiary/aromatic N) is 1. The van der Waals surface area contributed by atoms with Gasteiger partial charge in [-0.15, -0.1) is 0 Å². The van der Waals surface area contributed by atoms with Crippen LogP contribution < -0.4 is 10.6 Å². The molecule has 0 bridgehead atoms. The van der Waals surface area contributed by atoms with Crippen molar-refractivity contribution in [3.05, 3.63) is 41.8 Å². The summed E-state index contributed by atoms with van der Waals surface area (Å²) in [6.45, 7) is 17.0. The Morgan fingerprint density at radius 3 is 2.33 bits per heavy atom. The largest absolute Gasteiger partial charge is 0.445 e. The maximum absolute atomic E-state index is 12.5. The molecule has 1 fully saturated rings. The van der Waals surface area contributed by atoms with Gasteiger partial charge in [0.1, 0.15) is 5.76 Å². The Morgan fingerprint density at radius 1 is 1.22 bits per heavy atom. The summed E-state index contributed by atoms with van der Waals surface area (Å²) in [7, 11) is 0. The van der Waals surface area contributed by atoms with Gasteiger partial charge in [0.2, 0.25) is 5.91 Å². The Hall–Kier alpha value is -2.09. The molecule has 8 heteroatoms. The number of hydrogen-bond acceptors (Lipinski definition) is 4. The lowest BCUT2D eigenvalue weighted by atomic mass is 9.82. The predicted octanol–water partition coefficient (Wildman–Crippen LogP) is 7.52. The fraction of sp³-hybridized carbons (Fsp3) is 0.714. The molecule has 0 spiro atoms. The van der Waals surface area contributed by atoms with Crippen LogP contribution in [0.25, 0.3) is 0 Å². The zero-order chi connectivity index (χ0) is 27.6. The molecule has 206 valence electrons. The molecule has 1 amide bonds. The van der Waals surface area contributed by atoms with Crippen LogP contribution in [0.2, 0.25) is 0 Å². The molecule has 0 aromatic carbocycles. The Labute approximate surface area is 215 Å². The van der Waals surface area contributed by atoms with Crippen LogP contribution in [0.1, 0.15) is 105 Å². The van der Waals surface area contributed by atoms with Crippen molar-refractivity contribution >= 4 is 5.91 Å². The molecule has 0 atom stereocenters. The lowest BCUT2D eigenvalue weighted by molar-refractivity contribution is -0.135. The zero-order valence-electron chi connectivity index (χ0n) is 23.2. The van der Waals surface area contributed by atoms with Crippen molar-refractivity contribution in [1.82, 2.24) is 15.6 Å². The van der Waals surface area contributed by atoms with Crippen LogP contribution in [0, 0.1) is 12.8 Å². The van der Waals surface area contributed by atoms with Gasteiger partial charge in [-0.1, -0.05) is 52.0 Å². The first-order valence-corrected chi connectivity index (χ1v) is 13.0. The molecule has 2 rings (SSSR count). The van der Waals surface area contributed by atoms with Crippen molar-refractivity contribution in [2.45, 2.75) is 117 Å². The third kappa shape index (κ3) is 11.3. The van der Waals surface area contributed by atoms with Crippen LogP contribution in [0.3, 0.4) is 0 Å². The summed E-state index contributed by atoms with van der Waals surface area (Å²) in [5.74, 6) is 2.02. The Bertz CT molecular complexity index is 866. The first-order valence-electron chi connectivity index (χ1n) is 13.0. The van der Waals surface area contributed by atoms with Gasteiger partial charge in [0.25, 0.3) is 0 Å². The average molecular weight is 514 g/mol. The van der Waals surface area contributed by atoms with Crippen LogP contribution in [0.5, 0.6) is 0 Å². The molecular weight excluding hydrogens is 467 g/mol. The molecular formula is C28H46F3N3O2. The molecule has 1 aromatic rings. The van der Waals surface area contributed by atoms with Gasteiger partial charge in [0.05, 0.1) is 11.7 Å². The number of halogens is 3. The van der Waals surface area contributed by atoms with E-state index >= 15 is 0 Å². The number of alkyl halides is 3. The number of hydrogen-bond donors (Lipinski definition) is 2. The zero-order valence-corrected chi connectivity index (χ0v) is 23.2. The number of unbranched alkanes of at least 4 members (excludes halogenated alkanes) is 1. The van der Waals surface area contributed by atoms with Crippen LogP contribution in [0.15, 0.2) is 34.5 Å². The Balaban J connectivity index is 0.000000681. The van der Waals surface area contributed by atoms with Gasteiger partial charge in [0.15, 0.2) is 5.89 Å². The molecule has 0 radical (unpaired) electrons.